The first-order valence-corrected chi connectivity index (χ1v) is 15.0. The van der Waals surface area contributed by atoms with Crippen molar-refractivity contribution in [1.29, 1.82) is 0 Å². The quantitative estimate of drug-likeness (QED) is 0.183. The molecule has 0 saturated heterocycles. The van der Waals surface area contributed by atoms with Crippen LogP contribution in [0.3, 0.4) is 0 Å². The Morgan fingerprint density at radius 2 is 0.886 bits per heavy atom. The number of para-hydroxylation sites is 2. The van der Waals surface area contributed by atoms with Gasteiger partial charge in [-0.25, -0.2) is 0 Å². The molecule has 208 valence electrons. The highest BCUT2D eigenvalue weighted by Crippen LogP contribution is 2.38. The summed E-state index contributed by atoms with van der Waals surface area (Å²) in [6.07, 6.45) is 4.32. The van der Waals surface area contributed by atoms with Gasteiger partial charge in [-0.2, -0.15) is 0 Å². The molecule has 2 heteroatoms. The zero-order valence-electron chi connectivity index (χ0n) is 24.2. The summed E-state index contributed by atoms with van der Waals surface area (Å²) in [5.41, 5.74) is 9.28. The van der Waals surface area contributed by atoms with Gasteiger partial charge in [0.1, 0.15) is 0 Å². The van der Waals surface area contributed by atoms with Gasteiger partial charge in [0, 0.05) is 33.5 Å². The normalized spacial score (nSPS) is 11.5. The number of benzene rings is 7. The fourth-order valence-corrected chi connectivity index (χ4v) is 6.21. The van der Waals surface area contributed by atoms with Crippen molar-refractivity contribution in [3.8, 4) is 5.69 Å². The molecule has 44 heavy (non-hydrogen) atoms. The fourth-order valence-electron chi connectivity index (χ4n) is 6.21. The van der Waals surface area contributed by atoms with Crippen LogP contribution in [0.1, 0.15) is 11.1 Å². The van der Waals surface area contributed by atoms with Gasteiger partial charge >= 0.3 is 0 Å². The molecule has 0 spiro atoms. The van der Waals surface area contributed by atoms with Crippen LogP contribution in [-0.2, 0) is 0 Å². The van der Waals surface area contributed by atoms with Gasteiger partial charge < -0.3 is 9.47 Å². The smallest absolute Gasteiger partial charge is 0.0541 e. The van der Waals surface area contributed by atoms with Crippen LogP contribution < -0.4 is 4.90 Å². The molecule has 8 rings (SSSR count). The van der Waals surface area contributed by atoms with E-state index in [9.17, 15) is 0 Å². The van der Waals surface area contributed by atoms with E-state index < -0.39 is 0 Å². The fraction of sp³-hybridized carbons (Fsp3) is 0. The molecule has 0 saturated carbocycles. The molecule has 0 radical (unpaired) electrons. The highest BCUT2D eigenvalue weighted by Gasteiger charge is 2.15. The summed E-state index contributed by atoms with van der Waals surface area (Å²) in [6.45, 7) is 0. The van der Waals surface area contributed by atoms with E-state index in [-0.39, 0.29) is 0 Å². The number of hydrogen-bond acceptors (Lipinski definition) is 1. The van der Waals surface area contributed by atoms with Crippen molar-refractivity contribution in [1.82, 2.24) is 4.57 Å². The lowest BCUT2D eigenvalue weighted by molar-refractivity contribution is 1.17. The first kappa shape index (κ1) is 25.8. The second kappa shape index (κ2) is 11.1. The number of hydrogen-bond donors (Lipinski definition) is 0. The molecule has 7 aromatic carbocycles. The Labute approximate surface area is 257 Å². The Balaban J connectivity index is 1.21. The number of rotatable bonds is 6. The summed E-state index contributed by atoms with van der Waals surface area (Å²) >= 11 is 0. The van der Waals surface area contributed by atoms with Gasteiger partial charge in [0.25, 0.3) is 0 Å². The highest BCUT2D eigenvalue weighted by atomic mass is 15.1. The Morgan fingerprint density at radius 1 is 0.386 bits per heavy atom. The zero-order valence-corrected chi connectivity index (χ0v) is 24.2. The molecule has 0 bridgehead atoms. The SMILES string of the molecule is C(=C\c1ccc(N(c2ccc(-n3c4ccccc4c4ccccc43)cc2)c2ccc3ccccc3c2)cc1)/c1ccccc1. The molecular weight excluding hydrogens is 532 g/mol. The molecule has 1 aromatic heterocycles. The third kappa shape index (κ3) is 4.73. The number of nitrogens with zero attached hydrogens (tertiary/aromatic N) is 2. The zero-order chi connectivity index (χ0) is 29.3. The maximum Gasteiger partial charge on any atom is 0.0541 e. The number of fused-ring (bicyclic) bond motifs is 4. The molecule has 2 nitrogen and oxygen atoms in total. The van der Waals surface area contributed by atoms with Crippen LogP contribution in [0.4, 0.5) is 17.1 Å². The standard InChI is InChI=1S/C42H30N2/c1-2-10-31(11-3-1)18-19-32-20-23-35(24-21-32)43(38-25-22-33-12-4-5-13-34(33)30-38)36-26-28-37(29-27-36)44-41-16-8-6-14-39(41)40-15-7-9-17-42(40)44/h1-30H/b19-18+. The van der Waals surface area contributed by atoms with Crippen LogP contribution in [0.5, 0.6) is 0 Å². The van der Waals surface area contributed by atoms with Gasteiger partial charge in [0.2, 0.25) is 0 Å². The van der Waals surface area contributed by atoms with E-state index in [2.05, 4.69) is 185 Å². The van der Waals surface area contributed by atoms with E-state index in [0.717, 1.165) is 28.3 Å². The van der Waals surface area contributed by atoms with E-state index in [4.69, 9.17) is 0 Å². The minimum absolute atomic E-state index is 1.11. The van der Waals surface area contributed by atoms with Crippen molar-refractivity contribution >= 4 is 61.8 Å². The van der Waals surface area contributed by atoms with Crippen LogP contribution in [-0.4, -0.2) is 4.57 Å². The van der Waals surface area contributed by atoms with E-state index in [1.165, 1.54) is 38.1 Å². The molecule has 0 N–H and O–H groups in total. The van der Waals surface area contributed by atoms with Crippen molar-refractivity contribution in [2.24, 2.45) is 0 Å². The van der Waals surface area contributed by atoms with E-state index >= 15 is 0 Å². The third-order valence-corrected chi connectivity index (χ3v) is 8.36. The maximum atomic E-state index is 2.36. The minimum Gasteiger partial charge on any atom is -0.310 e. The summed E-state index contributed by atoms with van der Waals surface area (Å²) in [5.74, 6) is 0. The highest BCUT2D eigenvalue weighted by molar-refractivity contribution is 6.09. The van der Waals surface area contributed by atoms with Gasteiger partial charge in [-0.1, -0.05) is 121 Å². The Hall–Kier alpha value is -5.86. The van der Waals surface area contributed by atoms with Gasteiger partial charge in [-0.05, 0) is 82.6 Å². The van der Waals surface area contributed by atoms with Crippen molar-refractivity contribution in [3.63, 3.8) is 0 Å². The second-order valence-electron chi connectivity index (χ2n) is 11.1. The number of aromatic nitrogens is 1. The summed E-state index contributed by atoms with van der Waals surface area (Å²) in [4.78, 5) is 2.34. The predicted octanol–water partition coefficient (Wildman–Crippen LogP) is 11.6. The van der Waals surface area contributed by atoms with Gasteiger partial charge in [0.15, 0.2) is 0 Å². The van der Waals surface area contributed by atoms with Gasteiger partial charge in [0.05, 0.1) is 11.0 Å². The number of anilines is 3. The van der Waals surface area contributed by atoms with Gasteiger partial charge in [-0.15, -0.1) is 0 Å². The Kier molecular flexibility index (Phi) is 6.51. The topological polar surface area (TPSA) is 8.17 Å². The molecule has 0 aliphatic carbocycles. The second-order valence-corrected chi connectivity index (χ2v) is 11.1. The van der Waals surface area contributed by atoms with Crippen molar-refractivity contribution in [3.05, 3.63) is 181 Å². The molecule has 8 aromatic rings. The summed E-state index contributed by atoms with van der Waals surface area (Å²) in [7, 11) is 0. The first-order chi connectivity index (χ1) is 21.8. The average Bonchev–Trinajstić information content (AvgIpc) is 3.43. The Morgan fingerprint density at radius 3 is 1.55 bits per heavy atom. The summed E-state index contributed by atoms with van der Waals surface area (Å²) in [6, 6.07) is 60.7. The van der Waals surface area contributed by atoms with Crippen LogP contribution in [0.25, 0.3) is 50.4 Å². The van der Waals surface area contributed by atoms with E-state index in [0.29, 0.717) is 0 Å². The predicted molar refractivity (Wildman–Crippen MR) is 188 cm³/mol. The summed E-state index contributed by atoms with van der Waals surface area (Å²) in [5, 5.41) is 5.00. The molecule has 0 atom stereocenters. The van der Waals surface area contributed by atoms with Crippen molar-refractivity contribution < 1.29 is 0 Å². The molecule has 0 unspecified atom stereocenters. The first-order valence-electron chi connectivity index (χ1n) is 15.0. The van der Waals surface area contributed by atoms with Crippen molar-refractivity contribution in [2.45, 2.75) is 0 Å². The maximum absolute atomic E-state index is 2.36. The van der Waals surface area contributed by atoms with Crippen LogP contribution >= 0.6 is 0 Å². The lowest BCUT2D eigenvalue weighted by Gasteiger charge is -2.26. The largest absolute Gasteiger partial charge is 0.310 e. The summed E-state index contributed by atoms with van der Waals surface area (Å²) < 4.78 is 2.36. The molecule has 0 aliphatic heterocycles. The molecular formula is C42H30N2. The van der Waals surface area contributed by atoms with E-state index in [1.807, 2.05) is 6.07 Å². The van der Waals surface area contributed by atoms with Crippen LogP contribution in [0.15, 0.2) is 170 Å². The molecule has 0 aliphatic rings. The molecule has 0 fully saturated rings. The molecule has 1 heterocycles. The van der Waals surface area contributed by atoms with Crippen LogP contribution in [0.2, 0.25) is 0 Å². The minimum atomic E-state index is 1.11. The van der Waals surface area contributed by atoms with Crippen molar-refractivity contribution in [2.75, 3.05) is 4.90 Å². The Bertz CT molecular complexity index is 2200. The third-order valence-electron chi connectivity index (χ3n) is 8.36. The monoisotopic (exact) mass is 562 g/mol. The van der Waals surface area contributed by atoms with Crippen LogP contribution in [0, 0.1) is 0 Å². The molecule has 0 amide bonds. The average molecular weight is 563 g/mol. The van der Waals surface area contributed by atoms with Gasteiger partial charge in [-0.3, -0.25) is 0 Å². The lowest BCUT2D eigenvalue weighted by Crippen LogP contribution is -2.10. The van der Waals surface area contributed by atoms with E-state index in [1.54, 1.807) is 0 Å². The lowest BCUT2D eigenvalue weighted by atomic mass is 10.1.